The summed E-state index contributed by atoms with van der Waals surface area (Å²) in [7, 11) is 0. The lowest BCUT2D eigenvalue weighted by atomic mass is 10.00. The van der Waals surface area contributed by atoms with Gasteiger partial charge in [0.15, 0.2) is 5.60 Å². The summed E-state index contributed by atoms with van der Waals surface area (Å²) < 4.78 is 5.88. The molecule has 3 rings (SSSR count). The van der Waals surface area contributed by atoms with Gasteiger partial charge in [0, 0.05) is 24.2 Å². The van der Waals surface area contributed by atoms with Crippen molar-refractivity contribution in [3.8, 4) is 5.75 Å². The number of carbonyl (C=O) groups is 3. The number of nitrogens with zero attached hydrogens (tertiary/aromatic N) is 2. The zero-order valence-electron chi connectivity index (χ0n) is 18.0. The molecule has 0 saturated carbocycles. The van der Waals surface area contributed by atoms with Crippen molar-refractivity contribution in [3.05, 3.63) is 23.8 Å². The molecule has 0 radical (unpaired) electrons. The predicted octanol–water partition coefficient (Wildman–Crippen LogP) is 2.73. The maximum atomic E-state index is 13.0. The molecule has 0 aromatic heterocycles. The van der Waals surface area contributed by atoms with E-state index in [9.17, 15) is 14.4 Å². The van der Waals surface area contributed by atoms with Crippen LogP contribution in [0, 0.1) is 0 Å². The number of hydrogen-bond acceptors (Lipinski definition) is 4. The van der Waals surface area contributed by atoms with Crippen LogP contribution in [-0.4, -0.2) is 53.4 Å². The number of anilines is 1. The summed E-state index contributed by atoms with van der Waals surface area (Å²) in [4.78, 5) is 41.8. The van der Waals surface area contributed by atoms with E-state index in [0.717, 1.165) is 32.4 Å². The van der Waals surface area contributed by atoms with Crippen LogP contribution in [0.4, 0.5) is 5.69 Å². The van der Waals surface area contributed by atoms with E-state index in [1.54, 1.807) is 36.9 Å². The molecule has 0 unspecified atom stereocenters. The van der Waals surface area contributed by atoms with Gasteiger partial charge in [-0.2, -0.15) is 0 Å². The van der Waals surface area contributed by atoms with Gasteiger partial charge in [-0.15, -0.1) is 0 Å². The molecule has 158 valence electrons. The molecule has 2 aliphatic heterocycles. The molecular weight excluding hydrogens is 370 g/mol. The number of nitrogens with one attached hydrogen (secondary N) is 1. The first-order valence-corrected chi connectivity index (χ1v) is 10.3. The van der Waals surface area contributed by atoms with Gasteiger partial charge in [0.2, 0.25) is 5.91 Å². The van der Waals surface area contributed by atoms with Crippen molar-refractivity contribution < 1.29 is 19.1 Å². The zero-order valence-corrected chi connectivity index (χ0v) is 18.0. The van der Waals surface area contributed by atoms with Gasteiger partial charge in [-0.1, -0.05) is 6.92 Å². The Hall–Kier alpha value is -2.57. The molecule has 1 aromatic carbocycles. The second kappa shape index (κ2) is 7.69. The molecule has 0 spiro atoms. The second-order valence-corrected chi connectivity index (χ2v) is 8.97. The molecule has 7 nitrogen and oxygen atoms in total. The Morgan fingerprint density at radius 2 is 1.86 bits per heavy atom. The average Bonchev–Trinajstić information content (AvgIpc) is 3.19. The molecule has 29 heavy (non-hydrogen) atoms. The fourth-order valence-electron chi connectivity index (χ4n) is 3.54. The highest BCUT2D eigenvalue weighted by Crippen LogP contribution is 2.38. The van der Waals surface area contributed by atoms with E-state index in [1.165, 1.54) is 4.90 Å². The third kappa shape index (κ3) is 4.38. The Morgan fingerprint density at radius 1 is 1.21 bits per heavy atom. The molecule has 3 amide bonds. The lowest BCUT2D eigenvalue weighted by Crippen LogP contribution is -2.55. The van der Waals surface area contributed by atoms with Crippen LogP contribution in [-0.2, 0) is 9.59 Å². The van der Waals surface area contributed by atoms with Crippen molar-refractivity contribution in [2.75, 3.05) is 24.5 Å². The van der Waals surface area contributed by atoms with Crippen molar-refractivity contribution in [1.82, 2.24) is 10.2 Å². The second-order valence-electron chi connectivity index (χ2n) is 8.97. The summed E-state index contributed by atoms with van der Waals surface area (Å²) in [6.07, 6.45) is 2.76. The van der Waals surface area contributed by atoms with E-state index >= 15 is 0 Å². The van der Waals surface area contributed by atoms with Gasteiger partial charge in [0.1, 0.15) is 12.3 Å². The lowest BCUT2D eigenvalue weighted by Gasteiger charge is -2.39. The monoisotopic (exact) mass is 401 g/mol. The Bertz CT molecular complexity index is 825. The molecule has 1 fully saturated rings. The van der Waals surface area contributed by atoms with E-state index in [1.807, 2.05) is 20.8 Å². The molecule has 0 aliphatic carbocycles. The Kier molecular flexibility index (Phi) is 5.61. The van der Waals surface area contributed by atoms with E-state index in [4.69, 9.17) is 4.74 Å². The highest BCUT2D eigenvalue weighted by atomic mass is 16.5. The van der Waals surface area contributed by atoms with Crippen molar-refractivity contribution in [2.24, 2.45) is 0 Å². The maximum absolute atomic E-state index is 13.0. The molecule has 7 heteroatoms. The molecule has 1 saturated heterocycles. The molecule has 0 atom stereocenters. The SMILES string of the molecule is CCC(C)(C)NC(=O)c1ccc2c(c1)N(CC(=O)N1CCCC1)C(=O)C(C)(C)O2. The van der Waals surface area contributed by atoms with Crippen molar-refractivity contribution in [1.29, 1.82) is 0 Å². The number of likely N-dealkylation sites (tertiary alicyclic amines) is 1. The first-order chi connectivity index (χ1) is 13.5. The topological polar surface area (TPSA) is 79.0 Å². The van der Waals surface area contributed by atoms with Gasteiger partial charge in [0.05, 0.1) is 5.69 Å². The van der Waals surface area contributed by atoms with Crippen LogP contribution < -0.4 is 15.0 Å². The first kappa shape index (κ1) is 21.1. The van der Waals surface area contributed by atoms with Crippen molar-refractivity contribution in [2.45, 2.75) is 65.0 Å². The largest absolute Gasteiger partial charge is 0.476 e. The quantitative estimate of drug-likeness (QED) is 0.823. The number of ether oxygens (including phenoxy) is 1. The predicted molar refractivity (Wildman–Crippen MR) is 111 cm³/mol. The first-order valence-electron chi connectivity index (χ1n) is 10.3. The summed E-state index contributed by atoms with van der Waals surface area (Å²) >= 11 is 0. The standard InChI is InChI=1S/C22H31N3O4/c1-6-21(2,3)23-19(27)15-9-10-17-16(13-15)25(20(28)22(4,5)29-17)14-18(26)24-11-7-8-12-24/h9-10,13H,6-8,11-12,14H2,1-5H3,(H,23,27). The lowest BCUT2D eigenvalue weighted by molar-refractivity contribution is -0.136. The summed E-state index contributed by atoms with van der Waals surface area (Å²) in [6.45, 7) is 10.7. The van der Waals surface area contributed by atoms with E-state index in [2.05, 4.69) is 5.32 Å². The minimum absolute atomic E-state index is 0.0514. The van der Waals surface area contributed by atoms with Gasteiger partial charge in [-0.25, -0.2) is 0 Å². The summed E-state index contributed by atoms with van der Waals surface area (Å²) in [6, 6.07) is 5.03. The Labute approximate surface area is 172 Å². The van der Waals surface area contributed by atoms with Crippen LogP contribution in [0.1, 0.15) is 64.2 Å². The Balaban J connectivity index is 1.92. The molecular formula is C22H31N3O4. The maximum Gasteiger partial charge on any atom is 0.271 e. The highest BCUT2D eigenvalue weighted by molar-refractivity contribution is 6.07. The third-order valence-electron chi connectivity index (χ3n) is 5.73. The van der Waals surface area contributed by atoms with Crippen molar-refractivity contribution >= 4 is 23.4 Å². The number of benzene rings is 1. The van der Waals surface area contributed by atoms with E-state index < -0.39 is 5.60 Å². The van der Waals surface area contributed by atoms with Crippen LogP contribution in [0.3, 0.4) is 0 Å². The number of carbonyl (C=O) groups excluding carboxylic acids is 3. The van der Waals surface area contributed by atoms with Crippen LogP contribution in [0.5, 0.6) is 5.75 Å². The zero-order chi connectivity index (χ0) is 21.4. The minimum Gasteiger partial charge on any atom is -0.476 e. The molecule has 1 aromatic rings. The third-order valence-corrected chi connectivity index (χ3v) is 5.73. The summed E-state index contributed by atoms with van der Waals surface area (Å²) in [5.41, 5.74) is -0.525. The van der Waals surface area contributed by atoms with Gasteiger partial charge in [-0.3, -0.25) is 19.3 Å². The smallest absolute Gasteiger partial charge is 0.271 e. The number of rotatable bonds is 5. The van der Waals surface area contributed by atoms with Crippen LogP contribution in [0.2, 0.25) is 0 Å². The van der Waals surface area contributed by atoms with Crippen LogP contribution >= 0.6 is 0 Å². The fraction of sp³-hybridized carbons (Fsp3) is 0.591. The minimum atomic E-state index is -1.08. The number of hydrogen-bond donors (Lipinski definition) is 1. The molecule has 2 aliphatic rings. The number of fused-ring (bicyclic) bond motifs is 1. The Morgan fingerprint density at radius 3 is 2.48 bits per heavy atom. The van der Waals surface area contributed by atoms with Gasteiger partial charge in [0.25, 0.3) is 11.8 Å². The number of amides is 3. The van der Waals surface area contributed by atoms with Crippen molar-refractivity contribution in [3.63, 3.8) is 0 Å². The van der Waals surface area contributed by atoms with Crippen LogP contribution in [0.15, 0.2) is 18.2 Å². The summed E-state index contributed by atoms with van der Waals surface area (Å²) in [5.74, 6) is -0.0941. The van der Waals surface area contributed by atoms with Gasteiger partial charge in [-0.05, 0) is 65.2 Å². The normalized spacial score (nSPS) is 18.3. The molecule has 1 N–H and O–H groups in total. The highest BCUT2D eigenvalue weighted by Gasteiger charge is 2.42. The summed E-state index contributed by atoms with van der Waals surface area (Å²) in [5, 5.41) is 3.00. The van der Waals surface area contributed by atoms with E-state index in [-0.39, 0.29) is 29.8 Å². The van der Waals surface area contributed by atoms with Crippen LogP contribution in [0.25, 0.3) is 0 Å². The average molecular weight is 402 g/mol. The molecule has 2 heterocycles. The fourth-order valence-corrected chi connectivity index (χ4v) is 3.54. The van der Waals surface area contributed by atoms with Gasteiger partial charge >= 0.3 is 0 Å². The van der Waals surface area contributed by atoms with E-state index in [0.29, 0.717) is 17.0 Å². The van der Waals surface area contributed by atoms with Gasteiger partial charge < -0.3 is 15.0 Å². The molecule has 0 bridgehead atoms.